The number of anilines is 1. The highest BCUT2D eigenvalue weighted by Crippen LogP contribution is 2.33. The number of benzene rings is 1. The molecule has 1 fully saturated rings. The number of ether oxygens (including phenoxy) is 1. The maximum absolute atomic E-state index is 5.47. The van der Waals surface area contributed by atoms with E-state index in [-0.39, 0.29) is 0 Å². The summed E-state index contributed by atoms with van der Waals surface area (Å²) in [6.07, 6.45) is 2.33. The topological polar surface area (TPSA) is 24.5 Å². The Bertz CT molecular complexity index is 355. The van der Waals surface area contributed by atoms with Crippen LogP contribution in [0.2, 0.25) is 0 Å². The summed E-state index contributed by atoms with van der Waals surface area (Å²) in [5.74, 6) is 0.703. The lowest BCUT2D eigenvalue weighted by Gasteiger charge is -2.35. The third-order valence-electron chi connectivity index (χ3n) is 3.81. The summed E-state index contributed by atoms with van der Waals surface area (Å²) in [6, 6.07) is 9.30. The van der Waals surface area contributed by atoms with E-state index in [1.54, 1.807) is 0 Å². The van der Waals surface area contributed by atoms with Gasteiger partial charge in [0.25, 0.3) is 0 Å². The van der Waals surface area contributed by atoms with Gasteiger partial charge in [-0.25, -0.2) is 0 Å². The smallest absolute Gasteiger partial charge is 0.0469 e. The highest BCUT2D eigenvalue weighted by atomic mass is 16.5. The van der Waals surface area contributed by atoms with Gasteiger partial charge in [-0.05, 0) is 50.6 Å². The first-order valence-corrected chi connectivity index (χ1v) is 6.74. The normalized spacial score (nSPS) is 18.9. The first-order valence-electron chi connectivity index (χ1n) is 6.74. The van der Waals surface area contributed by atoms with E-state index in [0.29, 0.717) is 12.0 Å². The molecule has 3 nitrogen and oxygen atoms in total. The average molecular weight is 248 g/mol. The fourth-order valence-electron chi connectivity index (χ4n) is 2.87. The summed E-state index contributed by atoms with van der Waals surface area (Å²) in [5.41, 5.74) is 2.58. The summed E-state index contributed by atoms with van der Waals surface area (Å²) in [6.45, 7) is 1.81. The molecule has 0 amide bonds. The predicted octanol–water partition coefficient (Wildman–Crippen LogP) is 2.76. The molecule has 1 aliphatic heterocycles. The van der Waals surface area contributed by atoms with Gasteiger partial charge in [0.15, 0.2) is 0 Å². The van der Waals surface area contributed by atoms with Crippen LogP contribution in [0.3, 0.4) is 0 Å². The molecule has 1 aromatic carbocycles. The highest BCUT2D eigenvalue weighted by molar-refractivity contribution is 5.44. The Morgan fingerprint density at radius 2 is 1.78 bits per heavy atom. The Morgan fingerprint density at radius 3 is 2.28 bits per heavy atom. The highest BCUT2D eigenvalue weighted by Gasteiger charge is 2.26. The molecule has 3 heteroatoms. The maximum Gasteiger partial charge on any atom is 0.0469 e. The van der Waals surface area contributed by atoms with E-state index in [2.05, 4.69) is 48.6 Å². The number of nitrogens with zero attached hydrogens (tertiary/aromatic N) is 1. The Hall–Kier alpha value is -1.06. The fraction of sp³-hybridized carbons (Fsp3) is 0.600. The van der Waals surface area contributed by atoms with Crippen molar-refractivity contribution in [2.75, 3.05) is 39.7 Å². The number of hydrogen-bond acceptors (Lipinski definition) is 3. The summed E-state index contributed by atoms with van der Waals surface area (Å²) >= 11 is 0. The lowest BCUT2D eigenvalue weighted by Crippen LogP contribution is -2.31. The molecule has 0 aromatic heterocycles. The van der Waals surface area contributed by atoms with Crippen molar-refractivity contribution in [3.63, 3.8) is 0 Å². The van der Waals surface area contributed by atoms with E-state index in [4.69, 9.17) is 4.74 Å². The van der Waals surface area contributed by atoms with Crippen LogP contribution < -0.4 is 5.32 Å². The Labute approximate surface area is 110 Å². The third kappa shape index (κ3) is 3.03. The van der Waals surface area contributed by atoms with Crippen molar-refractivity contribution in [2.45, 2.75) is 18.9 Å². The van der Waals surface area contributed by atoms with Gasteiger partial charge in [0.2, 0.25) is 0 Å². The molecule has 1 aliphatic rings. The molecule has 18 heavy (non-hydrogen) atoms. The standard InChI is InChI=1S/C15H24N2O/c1-16-14-6-4-12(5-7-14)15(17(2)3)13-8-10-18-11-9-13/h4-7,13,15-16H,8-11H2,1-3H3. The molecule has 1 unspecified atom stereocenters. The molecular weight excluding hydrogens is 224 g/mol. The van der Waals surface area contributed by atoms with Crippen LogP contribution in [0, 0.1) is 5.92 Å². The van der Waals surface area contributed by atoms with Crippen molar-refractivity contribution in [3.8, 4) is 0 Å². The van der Waals surface area contributed by atoms with Crippen LogP contribution in [-0.4, -0.2) is 39.3 Å². The van der Waals surface area contributed by atoms with Gasteiger partial charge in [-0.1, -0.05) is 12.1 Å². The Kier molecular flexibility index (Phi) is 4.61. The first kappa shape index (κ1) is 13.4. The number of hydrogen-bond donors (Lipinski definition) is 1. The van der Waals surface area contributed by atoms with Crippen molar-refractivity contribution in [1.82, 2.24) is 4.90 Å². The van der Waals surface area contributed by atoms with Crippen LogP contribution in [0.4, 0.5) is 5.69 Å². The summed E-state index contributed by atoms with van der Waals surface area (Å²) in [5, 5.41) is 3.17. The van der Waals surface area contributed by atoms with Crippen LogP contribution in [-0.2, 0) is 4.74 Å². The van der Waals surface area contributed by atoms with Gasteiger partial charge >= 0.3 is 0 Å². The molecule has 1 N–H and O–H groups in total. The summed E-state index contributed by atoms with van der Waals surface area (Å²) in [4.78, 5) is 2.34. The van der Waals surface area contributed by atoms with Gasteiger partial charge < -0.3 is 15.0 Å². The molecule has 0 aliphatic carbocycles. The third-order valence-corrected chi connectivity index (χ3v) is 3.81. The molecule has 1 aromatic rings. The molecule has 0 bridgehead atoms. The van der Waals surface area contributed by atoms with Gasteiger partial charge in [-0.2, -0.15) is 0 Å². The molecule has 0 spiro atoms. The minimum absolute atomic E-state index is 0.500. The molecule has 0 radical (unpaired) electrons. The van der Waals surface area contributed by atoms with Gasteiger partial charge in [-0.3, -0.25) is 0 Å². The second kappa shape index (κ2) is 6.21. The van der Waals surface area contributed by atoms with Crippen molar-refractivity contribution in [2.24, 2.45) is 5.92 Å². The SMILES string of the molecule is CNc1ccc(C(C2CCOCC2)N(C)C)cc1. The lowest BCUT2D eigenvalue weighted by atomic mass is 9.86. The monoisotopic (exact) mass is 248 g/mol. The largest absolute Gasteiger partial charge is 0.388 e. The minimum atomic E-state index is 0.500. The van der Waals surface area contributed by atoms with Crippen molar-refractivity contribution in [3.05, 3.63) is 29.8 Å². The average Bonchev–Trinajstić information content (AvgIpc) is 2.40. The Balaban J connectivity index is 2.17. The van der Waals surface area contributed by atoms with Gasteiger partial charge in [-0.15, -0.1) is 0 Å². The zero-order chi connectivity index (χ0) is 13.0. The van der Waals surface area contributed by atoms with E-state index in [0.717, 1.165) is 26.1 Å². The van der Waals surface area contributed by atoms with Crippen LogP contribution >= 0.6 is 0 Å². The van der Waals surface area contributed by atoms with Crippen LogP contribution in [0.1, 0.15) is 24.4 Å². The quantitative estimate of drug-likeness (QED) is 0.886. The molecule has 2 rings (SSSR count). The van der Waals surface area contributed by atoms with Crippen molar-refractivity contribution < 1.29 is 4.74 Å². The molecule has 100 valence electrons. The first-order chi connectivity index (χ1) is 8.72. The van der Waals surface area contributed by atoms with Crippen LogP contribution in [0.25, 0.3) is 0 Å². The molecule has 1 heterocycles. The van der Waals surface area contributed by atoms with E-state index >= 15 is 0 Å². The zero-order valence-corrected chi connectivity index (χ0v) is 11.6. The van der Waals surface area contributed by atoms with E-state index in [1.807, 2.05) is 7.05 Å². The maximum atomic E-state index is 5.47. The molecule has 1 saturated heterocycles. The molecular formula is C15H24N2O. The summed E-state index contributed by atoms with van der Waals surface area (Å²) in [7, 11) is 6.30. The van der Waals surface area contributed by atoms with Crippen molar-refractivity contribution in [1.29, 1.82) is 0 Å². The van der Waals surface area contributed by atoms with Crippen LogP contribution in [0.5, 0.6) is 0 Å². The van der Waals surface area contributed by atoms with Gasteiger partial charge in [0.05, 0.1) is 0 Å². The predicted molar refractivity (Wildman–Crippen MR) is 76.0 cm³/mol. The van der Waals surface area contributed by atoms with Gasteiger partial charge in [0, 0.05) is 32.0 Å². The number of rotatable bonds is 4. The van der Waals surface area contributed by atoms with E-state index < -0.39 is 0 Å². The molecule has 0 saturated carbocycles. The second-order valence-corrected chi connectivity index (χ2v) is 5.23. The van der Waals surface area contributed by atoms with Gasteiger partial charge in [0.1, 0.15) is 0 Å². The zero-order valence-electron chi connectivity index (χ0n) is 11.6. The Morgan fingerprint density at radius 1 is 1.17 bits per heavy atom. The minimum Gasteiger partial charge on any atom is -0.388 e. The van der Waals surface area contributed by atoms with Crippen molar-refractivity contribution >= 4 is 5.69 Å². The summed E-state index contributed by atoms with van der Waals surface area (Å²) < 4.78 is 5.47. The van der Waals surface area contributed by atoms with E-state index in [9.17, 15) is 0 Å². The second-order valence-electron chi connectivity index (χ2n) is 5.23. The number of nitrogens with one attached hydrogen (secondary N) is 1. The van der Waals surface area contributed by atoms with E-state index in [1.165, 1.54) is 11.3 Å². The lowest BCUT2D eigenvalue weighted by molar-refractivity contribution is 0.0364. The fourth-order valence-corrected chi connectivity index (χ4v) is 2.87. The molecule has 1 atom stereocenters. The van der Waals surface area contributed by atoms with Crippen LogP contribution in [0.15, 0.2) is 24.3 Å².